The van der Waals surface area contributed by atoms with E-state index >= 15 is 0 Å². The molecule has 0 unspecified atom stereocenters. The van der Waals surface area contributed by atoms with Crippen LogP contribution in [0.15, 0.2) is 95.7 Å². The van der Waals surface area contributed by atoms with Gasteiger partial charge in [0.15, 0.2) is 10.3 Å². The highest BCUT2D eigenvalue weighted by atomic mass is 32.1. The van der Waals surface area contributed by atoms with Gasteiger partial charge in [0.2, 0.25) is 0 Å². The van der Waals surface area contributed by atoms with Crippen molar-refractivity contribution in [2.75, 3.05) is 24.9 Å². The minimum atomic E-state index is -0.431. The highest BCUT2D eigenvalue weighted by Crippen LogP contribution is 2.38. The Morgan fingerprint density at radius 2 is 0.957 bits per heavy atom. The summed E-state index contributed by atoms with van der Waals surface area (Å²) in [6, 6.07) is 24.2. The van der Waals surface area contributed by atoms with E-state index in [2.05, 4.69) is 20.6 Å². The Bertz CT molecular complexity index is 1900. The van der Waals surface area contributed by atoms with E-state index in [-0.39, 0.29) is 11.4 Å². The lowest BCUT2D eigenvalue weighted by molar-refractivity contribution is -0.385. The molecule has 2 N–H and O–H groups in total. The van der Waals surface area contributed by atoms with Crippen LogP contribution in [0.3, 0.4) is 0 Å². The summed E-state index contributed by atoms with van der Waals surface area (Å²) in [5.41, 5.74) is 6.31. The molecule has 2 aromatic heterocycles. The normalized spacial score (nSPS) is 10.7. The van der Waals surface area contributed by atoms with Gasteiger partial charge in [0.05, 0.1) is 46.8 Å². The zero-order chi connectivity index (χ0) is 32.2. The van der Waals surface area contributed by atoms with Crippen LogP contribution in [0.2, 0.25) is 0 Å². The molecule has 12 nitrogen and oxygen atoms in total. The van der Waals surface area contributed by atoms with Crippen molar-refractivity contribution < 1.29 is 19.3 Å². The van der Waals surface area contributed by atoms with Crippen molar-refractivity contribution in [1.82, 2.24) is 9.97 Å². The van der Waals surface area contributed by atoms with Crippen molar-refractivity contribution >= 4 is 55.7 Å². The molecule has 0 aliphatic heterocycles. The Morgan fingerprint density at radius 3 is 1.30 bits per heavy atom. The molecule has 230 valence electrons. The number of ether oxygens (including phenoxy) is 2. The largest absolute Gasteiger partial charge is 0.495 e. The van der Waals surface area contributed by atoms with Crippen LogP contribution in [0, 0.1) is 20.2 Å². The third-order valence-corrected chi connectivity index (χ3v) is 8.49. The molecule has 0 fully saturated rings. The van der Waals surface area contributed by atoms with Crippen LogP contribution >= 0.6 is 22.7 Å². The van der Waals surface area contributed by atoms with E-state index in [1.54, 1.807) is 38.5 Å². The van der Waals surface area contributed by atoms with Gasteiger partial charge in [-0.05, 0) is 59.7 Å². The average molecular weight is 653 g/mol. The number of nitrogens with one attached hydrogen (secondary N) is 2. The Morgan fingerprint density at radius 1 is 0.587 bits per heavy atom. The average Bonchev–Trinajstić information content (AvgIpc) is 3.75. The van der Waals surface area contributed by atoms with Gasteiger partial charge in [0, 0.05) is 46.2 Å². The quantitative estimate of drug-likeness (QED) is 0.102. The molecule has 6 rings (SSSR count). The van der Waals surface area contributed by atoms with Gasteiger partial charge in [-0.1, -0.05) is 12.1 Å². The second-order valence-corrected chi connectivity index (χ2v) is 11.5. The lowest BCUT2D eigenvalue weighted by Crippen LogP contribution is -1.96. The second-order valence-electron chi connectivity index (χ2n) is 9.76. The van der Waals surface area contributed by atoms with E-state index in [1.165, 1.54) is 46.9 Å². The number of non-ortho nitro benzene ring substituents is 2. The van der Waals surface area contributed by atoms with Crippen LogP contribution in [-0.4, -0.2) is 34.0 Å². The first kappa shape index (κ1) is 30.2. The van der Waals surface area contributed by atoms with Crippen LogP contribution in [0.4, 0.5) is 33.0 Å². The standard InChI is InChI=1S/C32H24N6O6S2/c1-43-29-15-21(7-13-25(29)33-31-35-27(17-45-31)19-3-9-23(10-4-19)37(39)40)22-8-14-26(30(16-22)44-2)34-32-36-28(18-46-32)20-5-11-24(12-6-20)38(41)42/h3-18H,1-2H3,(H,33,35)(H,34,36). The summed E-state index contributed by atoms with van der Waals surface area (Å²) in [7, 11) is 3.20. The van der Waals surface area contributed by atoms with Crippen molar-refractivity contribution in [3.05, 3.63) is 116 Å². The lowest BCUT2D eigenvalue weighted by atomic mass is 10.0. The molecule has 0 aliphatic rings. The monoisotopic (exact) mass is 652 g/mol. The van der Waals surface area contributed by atoms with Gasteiger partial charge in [-0.2, -0.15) is 0 Å². The maximum Gasteiger partial charge on any atom is 0.269 e. The summed E-state index contributed by atoms with van der Waals surface area (Å²) in [5.74, 6) is 1.24. The smallest absolute Gasteiger partial charge is 0.269 e. The SMILES string of the molecule is COc1cc(-c2ccc(Nc3nc(-c4ccc([N+](=O)[O-])cc4)cs3)c(OC)c2)ccc1Nc1nc(-c2ccc([N+](=O)[O-])cc2)cs1. The van der Waals surface area contributed by atoms with E-state index in [0.29, 0.717) is 33.1 Å². The summed E-state index contributed by atoms with van der Waals surface area (Å²) in [6.45, 7) is 0. The Hall–Kier alpha value is -5.86. The van der Waals surface area contributed by atoms with E-state index in [4.69, 9.17) is 9.47 Å². The number of aromatic nitrogens is 2. The molecule has 0 radical (unpaired) electrons. The topological polar surface area (TPSA) is 155 Å². The van der Waals surface area contributed by atoms with E-state index in [1.807, 2.05) is 47.2 Å². The fraction of sp³-hybridized carbons (Fsp3) is 0.0625. The number of nitro groups is 2. The van der Waals surface area contributed by atoms with Crippen LogP contribution in [0.25, 0.3) is 33.6 Å². The van der Waals surface area contributed by atoms with E-state index < -0.39 is 9.85 Å². The number of hydrogen-bond acceptors (Lipinski definition) is 12. The van der Waals surface area contributed by atoms with Crippen LogP contribution in [-0.2, 0) is 0 Å². The fourth-order valence-corrected chi connectivity index (χ4v) is 6.08. The summed E-state index contributed by atoms with van der Waals surface area (Å²) in [5, 5.41) is 33.6. The van der Waals surface area contributed by atoms with Crippen LogP contribution < -0.4 is 20.1 Å². The second kappa shape index (κ2) is 13.0. The van der Waals surface area contributed by atoms with E-state index in [0.717, 1.165) is 33.6 Å². The fourth-order valence-electron chi connectivity index (χ4n) is 4.61. The van der Waals surface area contributed by atoms with Crippen LogP contribution in [0.1, 0.15) is 0 Å². The number of nitro benzene ring substituents is 2. The number of hydrogen-bond donors (Lipinski definition) is 2. The summed E-state index contributed by atoms with van der Waals surface area (Å²) in [4.78, 5) is 30.3. The summed E-state index contributed by atoms with van der Waals surface area (Å²) < 4.78 is 11.4. The zero-order valence-electron chi connectivity index (χ0n) is 24.3. The van der Waals surface area contributed by atoms with Crippen molar-refractivity contribution in [3.63, 3.8) is 0 Å². The third kappa shape index (κ3) is 6.47. The Labute approximate surface area is 270 Å². The van der Waals surface area contributed by atoms with Gasteiger partial charge in [-0.25, -0.2) is 9.97 Å². The van der Waals surface area contributed by atoms with Gasteiger partial charge in [0.25, 0.3) is 11.4 Å². The molecule has 46 heavy (non-hydrogen) atoms. The van der Waals surface area contributed by atoms with Crippen molar-refractivity contribution in [3.8, 4) is 45.1 Å². The number of rotatable bonds is 11. The maximum absolute atomic E-state index is 11.0. The van der Waals surface area contributed by atoms with Crippen molar-refractivity contribution in [2.24, 2.45) is 0 Å². The maximum atomic E-state index is 11.0. The van der Waals surface area contributed by atoms with Gasteiger partial charge >= 0.3 is 0 Å². The van der Waals surface area contributed by atoms with E-state index in [9.17, 15) is 20.2 Å². The molecule has 0 saturated carbocycles. The van der Waals surface area contributed by atoms with Crippen molar-refractivity contribution in [1.29, 1.82) is 0 Å². The van der Waals surface area contributed by atoms with Crippen molar-refractivity contribution in [2.45, 2.75) is 0 Å². The molecular formula is C32H24N6O6S2. The number of thiazole rings is 2. The minimum absolute atomic E-state index is 0.0284. The molecule has 0 bridgehead atoms. The predicted octanol–water partition coefficient (Wildman–Crippen LogP) is 8.92. The molecular weight excluding hydrogens is 629 g/mol. The molecule has 0 saturated heterocycles. The minimum Gasteiger partial charge on any atom is -0.495 e. The molecule has 0 amide bonds. The molecule has 2 heterocycles. The number of anilines is 4. The van der Waals surface area contributed by atoms with Gasteiger partial charge < -0.3 is 20.1 Å². The van der Waals surface area contributed by atoms with Gasteiger partial charge in [-0.3, -0.25) is 20.2 Å². The van der Waals surface area contributed by atoms with Crippen LogP contribution in [0.5, 0.6) is 11.5 Å². The molecule has 0 spiro atoms. The lowest BCUT2D eigenvalue weighted by Gasteiger charge is -2.14. The molecule has 0 aliphatic carbocycles. The first-order valence-corrected chi connectivity index (χ1v) is 15.4. The Kier molecular flexibility index (Phi) is 8.54. The molecule has 14 heteroatoms. The van der Waals surface area contributed by atoms with Gasteiger partial charge in [-0.15, -0.1) is 22.7 Å². The van der Waals surface area contributed by atoms with Gasteiger partial charge in [0.1, 0.15) is 11.5 Å². The number of nitrogens with zero attached hydrogens (tertiary/aromatic N) is 4. The predicted molar refractivity (Wildman–Crippen MR) is 180 cm³/mol. The first-order chi connectivity index (χ1) is 22.3. The highest BCUT2D eigenvalue weighted by molar-refractivity contribution is 7.14. The highest BCUT2D eigenvalue weighted by Gasteiger charge is 2.14. The Balaban J connectivity index is 1.17. The molecule has 4 aromatic carbocycles. The zero-order valence-corrected chi connectivity index (χ0v) is 25.9. The number of methoxy groups -OCH3 is 2. The third-order valence-electron chi connectivity index (χ3n) is 6.98. The first-order valence-electron chi connectivity index (χ1n) is 13.6. The summed E-state index contributed by atoms with van der Waals surface area (Å²) >= 11 is 2.83. The summed E-state index contributed by atoms with van der Waals surface area (Å²) in [6.07, 6.45) is 0. The number of benzene rings is 4. The molecule has 0 atom stereocenters. The molecule has 6 aromatic rings.